The van der Waals surface area contributed by atoms with Crippen LogP contribution in [0.4, 0.5) is 5.69 Å². The monoisotopic (exact) mass is 407 g/mol. The number of H-pyrrole nitrogens is 1. The van der Waals surface area contributed by atoms with Crippen LogP contribution in [0.5, 0.6) is 11.5 Å². The lowest BCUT2D eigenvalue weighted by atomic mass is 9.93. The Morgan fingerprint density at radius 1 is 1.13 bits per heavy atom. The summed E-state index contributed by atoms with van der Waals surface area (Å²) in [5.41, 5.74) is 6.08. The van der Waals surface area contributed by atoms with Gasteiger partial charge in [0, 0.05) is 29.8 Å². The molecule has 0 spiro atoms. The summed E-state index contributed by atoms with van der Waals surface area (Å²) in [6, 6.07) is 10.8. The van der Waals surface area contributed by atoms with Crippen LogP contribution >= 0.6 is 0 Å². The van der Waals surface area contributed by atoms with E-state index in [0.29, 0.717) is 6.61 Å². The number of ether oxygens (including phenoxy) is 2. The van der Waals surface area contributed by atoms with Gasteiger partial charge in [0.1, 0.15) is 0 Å². The van der Waals surface area contributed by atoms with Crippen LogP contribution in [0.25, 0.3) is 10.9 Å². The molecule has 3 aromatic rings. The first-order valence-electron chi connectivity index (χ1n) is 10.6. The number of nitrogens with one attached hydrogen (secondary N) is 3. The quantitative estimate of drug-likeness (QED) is 0.388. The number of methoxy groups -OCH3 is 1. The van der Waals surface area contributed by atoms with Crippen molar-refractivity contribution in [2.75, 3.05) is 26.1 Å². The third-order valence-corrected chi connectivity index (χ3v) is 5.56. The van der Waals surface area contributed by atoms with Gasteiger partial charge in [0.15, 0.2) is 11.5 Å². The maximum atomic E-state index is 5.84. The van der Waals surface area contributed by atoms with E-state index in [0.717, 1.165) is 42.0 Å². The Morgan fingerprint density at radius 2 is 1.97 bits per heavy atom. The van der Waals surface area contributed by atoms with Gasteiger partial charge in [-0.05, 0) is 79.4 Å². The molecule has 0 bridgehead atoms. The predicted molar refractivity (Wildman–Crippen MR) is 126 cm³/mol. The van der Waals surface area contributed by atoms with Crippen LogP contribution in [0.2, 0.25) is 0 Å². The van der Waals surface area contributed by atoms with Crippen molar-refractivity contribution in [3.8, 4) is 11.5 Å². The lowest BCUT2D eigenvalue weighted by molar-refractivity contribution is 0.309. The predicted octanol–water partition coefficient (Wildman–Crippen LogP) is 5.59. The summed E-state index contributed by atoms with van der Waals surface area (Å²) in [4.78, 5) is 3.39. The molecule has 0 amide bonds. The van der Waals surface area contributed by atoms with Crippen LogP contribution in [0.1, 0.15) is 43.0 Å². The average molecular weight is 408 g/mol. The van der Waals surface area contributed by atoms with Crippen LogP contribution in [0.3, 0.4) is 0 Å². The number of hydrogen-bond donors (Lipinski definition) is 3. The molecular formula is C25H33N3O2. The Labute approximate surface area is 179 Å². The second-order valence-electron chi connectivity index (χ2n) is 7.27. The maximum Gasteiger partial charge on any atom is 0.161 e. The van der Waals surface area contributed by atoms with Crippen LogP contribution in [0, 0.1) is 0 Å². The Hall–Kier alpha value is -3.08. The lowest BCUT2D eigenvalue weighted by Crippen LogP contribution is -2.18. The van der Waals surface area contributed by atoms with E-state index < -0.39 is 0 Å². The molecule has 1 aromatic heterocycles. The van der Waals surface area contributed by atoms with Gasteiger partial charge in [0.05, 0.1) is 19.8 Å². The highest BCUT2D eigenvalue weighted by molar-refractivity contribution is 5.86. The summed E-state index contributed by atoms with van der Waals surface area (Å²) in [7, 11) is 3.64. The molecule has 0 radical (unpaired) electrons. The van der Waals surface area contributed by atoms with Gasteiger partial charge in [-0.25, -0.2) is 0 Å². The minimum Gasteiger partial charge on any atom is -0.493 e. The SMILES string of the molecule is C=CNC(CCc1c[nH]c2ccc(NC)cc12)c1cc(OCC)c(OC)cc1CC. The molecule has 0 aliphatic rings. The van der Waals surface area contributed by atoms with Crippen LogP contribution in [-0.4, -0.2) is 25.7 Å². The highest BCUT2D eigenvalue weighted by Gasteiger charge is 2.19. The van der Waals surface area contributed by atoms with E-state index in [1.54, 1.807) is 13.3 Å². The molecule has 1 unspecified atom stereocenters. The molecule has 0 aliphatic heterocycles. The first-order valence-corrected chi connectivity index (χ1v) is 10.6. The molecule has 1 atom stereocenters. The Bertz CT molecular complexity index is 993. The van der Waals surface area contributed by atoms with Gasteiger partial charge in [0.25, 0.3) is 0 Å². The third kappa shape index (κ3) is 4.56. The zero-order chi connectivity index (χ0) is 21.5. The number of aryl methyl sites for hydroxylation is 2. The fraction of sp³-hybridized carbons (Fsp3) is 0.360. The number of aromatic amines is 1. The Morgan fingerprint density at radius 3 is 2.63 bits per heavy atom. The molecule has 1 heterocycles. The van der Waals surface area contributed by atoms with Crippen LogP contribution in [-0.2, 0) is 12.8 Å². The van der Waals surface area contributed by atoms with Crippen LogP contribution in [0.15, 0.2) is 49.3 Å². The fourth-order valence-corrected chi connectivity index (χ4v) is 3.99. The maximum absolute atomic E-state index is 5.84. The van der Waals surface area contributed by atoms with Gasteiger partial charge in [-0.3, -0.25) is 0 Å². The van der Waals surface area contributed by atoms with E-state index in [-0.39, 0.29) is 6.04 Å². The first-order chi connectivity index (χ1) is 14.6. The molecule has 3 N–H and O–H groups in total. The minimum atomic E-state index is 0.139. The molecule has 160 valence electrons. The Balaban J connectivity index is 1.91. The lowest BCUT2D eigenvalue weighted by Gasteiger charge is -2.23. The number of aromatic nitrogens is 1. The highest BCUT2D eigenvalue weighted by Crippen LogP contribution is 2.35. The molecular weight excluding hydrogens is 374 g/mol. The zero-order valence-electron chi connectivity index (χ0n) is 18.5. The van der Waals surface area contributed by atoms with Crippen molar-refractivity contribution in [1.29, 1.82) is 0 Å². The standard InChI is InChI=1S/C25H33N3O2/c1-6-17-13-24(29-5)25(30-8-3)15-21(17)22(27-7-2)11-9-18-16-28-23-12-10-19(26-4)14-20(18)23/h7,10,12-16,22,26-28H,2,6,8-9,11H2,1,3-5H3. The Kier molecular flexibility index (Phi) is 7.28. The van der Waals surface area contributed by atoms with E-state index in [9.17, 15) is 0 Å². The average Bonchev–Trinajstić information content (AvgIpc) is 3.18. The summed E-state index contributed by atoms with van der Waals surface area (Å²) < 4.78 is 11.4. The number of fused-ring (bicyclic) bond motifs is 1. The number of hydrogen-bond acceptors (Lipinski definition) is 4. The van der Waals surface area contributed by atoms with E-state index in [1.165, 1.54) is 22.1 Å². The van der Waals surface area contributed by atoms with E-state index in [2.05, 4.69) is 65.6 Å². The molecule has 30 heavy (non-hydrogen) atoms. The molecule has 0 fully saturated rings. The summed E-state index contributed by atoms with van der Waals surface area (Å²) in [6.07, 6.45) is 6.70. The highest BCUT2D eigenvalue weighted by atomic mass is 16.5. The van der Waals surface area contributed by atoms with Gasteiger partial charge >= 0.3 is 0 Å². The molecule has 5 heteroatoms. The number of benzene rings is 2. The van der Waals surface area contributed by atoms with Crippen molar-refractivity contribution in [3.63, 3.8) is 0 Å². The van der Waals surface area contributed by atoms with Crippen molar-refractivity contribution in [3.05, 3.63) is 66.0 Å². The largest absolute Gasteiger partial charge is 0.493 e. The summed E-state index contributed by atoms with van der Waals surface area (Å²) in [6.45, 7) is 8.67. The van der Waals surface area contributed by atoms with Gasteiger partial charge < -0.3 is 25.1 Å². The fourth-order valence-electron chi connectivity index (χ4n) is 3.99. The summed E-state index contributed by atoms with van der Waals surface area (Å²) in [5, 5.41) is 7.95. The smallest absolute Gasteiger partial charge is 0.161 e. The van der Waals surface area contributed by atoms with Crippen molar-refractivity contribution in [1.82, 2.24) is 10.3 Å². The van der Waals surface area contributed by atoms with Gasteiger partial charge in [-0.2, -0.15) is 0 Å². The van der Waals surface area contributed by atoms with E-state index >= 15 is 0 Å². The molecule has 2 aromatic carbocycles. The third-order valence-electron chi connectivity index (χ3n) is 5.56. The van der Waals surface area contributed by atoms with Crippen molar-refractivity contribution >= 4 is 16.6 Å². The molecule has 0 saturated carbocycles. The molecule has 0 saturated heterocycles. The second kappa shape index (κ2) is 10.1. The normalized spacial score (nSPS) is 11.9. The van der Waals surface area contributed by atoms with E-state index in [4.69, 9.17) is 9.47 Å². The van der Waals surface area contributed by atoms with Gasteiger partial charge in [-0.15, -0.1) is 0 Å². The number of anilines is 1. The molecule has 0 aliphatic carbocycles. The van der Waals surface area contributed by atoms with Crippen molar-refractivity contribution < 1.29 is 9.47 Å². The second-order valence-corrected chi connectivity index (χ2v) is 7.27. The van der Waals surface area contributed by atoms with Gasteiger partial charge in [0.2, 0.25) is 0 Å². The molecule has 5 nitrogen and oxygen atoms in total. The minimum absolute atomic E-state index is 0.139. The first kappa shape index (κ1) is 21.6. The van der Waals surface area contributed by atoms with Crippen molar-refractivity contribution in [2.45, 2.75) is 39.2 Å². The topological polar surface area (TPSA) is 58.3 Å². The summed E-state index contributed by atoms with van der Waals surface area (Å²) >= 11 is 0. The van der Waals surface area contributed by atoms with Gasteiger partial charge in [-0.1, -0.05) is 13.5 Å². The van der Waals surface area contributed by atoms with Crippen LogP contribution < -0.4 is 20.1 Å². The van der Waals surface area contributed by atoms with Crippen molar-refractivity contribution in [2.24, 2.45) is 0 Å². The molecule has 3 rings (SSSR count). The zero-order valence-corrected chi connectivity index (χ0v) is 18.5. The van der Waals surface area contributed by atoms with E-state index in [1.807, 2.05) is 14.0 Å². The number of rotatable bonds is 11. The summed E-state index contributed by atoms with van der Waals surface area (Å²) in [5.74, 6) is 1.57.